The molecule has 0 saturated heterocycles. The van der Waals surface area contributed by atoms with Crippen molar-refractivity contribution in [3.8, 4) is 11.3 Å². The van der Waals surface area contributed by atoms with Crippen molar-refractivity contribution < 1.29 is 36.1 Å². The van der Waals surface area contributed by atoms with Crippen molar-refractivity contribution in [3.63, 3.8) is 0 Å². The number of rotatable bonds is 4. The zero-order valence-corrected chi connectivity index (χ0v) is 17.5. The first-order valence-electron chi connectivity index (χ1n) is 9.18. The van der Waals surface area contributed by atoms with Gasteiger partial charge in [-0.2, -0.15) is 10.1 Å². The van der Waals surface area contributed by atoms with E-state index in [0.717, 1.165) is 12.1 Å². The van der Waals surface area contributed by atoms with Crippen molar-refractivity contribution in [1.29, 1.82) is 0 Å². The summed E-state index contributed by atoms with van der Waals surface area (Å²) >= 11 is 5.79. The van der Waals surface area contributed by atoms with Gasteiger partial charge < -0.3 is 4.42 Å². The quantitative estimate of drug-likeness (QED) is 0.110. The summed E-state index contributed by atoms with van der Waals surface area (Å²) in [6, 6.07) is 6.60. The van der Waals surface area contributed by atoms with Crippen LogP contribution >= 0.6 is 11.6 Å². The maximum Gasteiger partial charge on any atom is 0.281 e. The monoisotopic (exact) mass is 497 g/mol. The minimum absolute atomic E-state index is 0.00332. The van der Waals surface area contributed by atoms with Gasteiger partial charge in [-0.25, -0.2) is 22.0 Å². The fraction of sp³-hybridized carbons (Fsp3) is 0.0476. The van der Waals surface area contributed by atoms with Gasteiger partial charge in [-0.3, -0.25) is 14.9 Å². The second-order valence-electron chi connectivity index (χ2n) is 6.90. The lowest BCUT2D eigenvalue weighted by Crippen LogP contribution is -2.25. The smallest absolute Gasteiger partial charge is 0.281 e. The summed E-state index contributed by atoms with van der Waals surface area (Å²) < 4.78 is 74.3. The molecule has 2 aromatic carbocycles. The van der Waals surface area contributed by atoms with Crippen LogP contribution in [0.3, 0.4) is 0 Å². The highest BCUT2D eigenvalue weighted by atomic mass is 35.5. The van der Waals surface area contributed by atoms with E-state index < -0.39 is 45.6 Å². The van der Waals surface area contributed by atoms with E-state index in [1.807, 2.05) is 0 Å². The van der Waals surface area contributed by atoms with E-state index in [-0.39, 0.29) is 44.1 Å². The number of nitro groups is 1. The van der Waals surface area contributed by atoms with Crippen LogP contribution in [0.2, 0.25) is 5.02 Å². The Balaban J connectivity index is 1.72. The molecule has 0 aliphatic carbocycles. The molecule has 1 amide bonds. The number of anilines is 1. The predicted molar refractivity (Wildman–Crippen MR) is 111 cm³/mol. The average Bonchev–Trinajstić information content (AvgIpc) is 3.37. The molecule has 174 valence electrons. The molecule has 1 aliphatic heterocycles. The summed E-state index contributed by atoms with van der Waals surface area (Å²) in [5.41, 5.74) is -2.15. The van der Waals surface area contributed by atoms with Gasteiger partial charge in [0.15, 0.2) is 23.3 Å². The van der Waals surface area contributed by atoms with Crippen LogP contribution in [0.15, 0.2) is 45.4 Å². The van der Waals surface area contributed by atoms with E-state index in [4.69, 9.17) is 16.0 Å². The first-order valence-corrected chi connectivity index (χ1v) is 9.56. The van der Waals surface area contributed by atoms with E-state index in [9.17, 15) is 36.9 Å². The Bertz CT molecular complexity index is 1420. The predicted octanol–water partition coefficient (Wildman–Crippen LogP) is 6.01. The first-order chi connectivity index (χ1) is 16.0. The molecule has 7 nitrogen and oxygen atoms in total. The van der Waals surface area contributed by atoms with Gasteiger partial charge in [0.2, 0.25) is 5.82 Å². The lowest BCUT2D eigenvalue weighted by molar-refractivity contribution is -0.384. The molecular formula is C21H9ClF5N3O4. The molecule has 0 N–H and O–H groups in total. The topological polar surface area (TPSA) is 89.0 Å². The molecule has 0 radical (unpaired) electrons. The van der Waals surface area contributed by atoms with E-state index in [0.29, 0.717) is 0 Å². The normalized spacial score (nSPS) is 14.8. The van der Waals surface area contributed by atoms with Crippen LogP contribution in [0, 0.1) is 39.2 Å². The molecule has 0 atom stereocenters. The first kappa shape index (κ1) is 23.1. The van der Waals surface area contributed by atoms with Gasteiger partial charge in [-0.15, -0.1) is 0 Å². The molecule has 0 unspecified atom stereocenters. The van der Waals surface area contributed by atoms with Gasteiger partial charge in [-0.1, -0.05) is 11.6 Å². The second kappa shape index (κ2) is 8.37. The van der Waals surface area contributed by atoms with Gasteiger partial charge in [0, 0.05) is 11.1 Å². The van der Waals surface area contributed by atoms with E-state index >= 15 is 0 Å². The zero-order valence-electron chi connectivity index (χ0n) is 16.7. The molecule has 13 heteroatoms. The van der Waals surface area contributed by atoms with Crippen molar-refractivity contribution >= 4 is 40.7 Å². The molecule has 0 bridgehead atoms. The largest absolute Gasteiger partial charge is 0.456 e. The molecule has 1 aliphatic rings. The number of nitrogens with zero attached hydrogens (tertiary/aromatic N) is 3. The number of amides is 1. The number of carbonyl (C=O) groups excluding carboxylic acids is 1. The Labute approximate surface area is 191 Å². The van der Waals surface area contributed by atoms with Crippen molar-refractivity contribution in [3.05, 3.63) is 85.9 Å². The summed E-state index contributed by atoms with van der Waals surface area (Å²) in [5, 5.41) is 15.1. The van der Waals surface area contributed by atoms with Crippen molar-refractivity contribution in [1.82, 2.24) is 0 Å². The average molecular weight is 498 g/mol. The standard InChI is InChI=1S/C21H9ClF5N3O4/c1-8-12(21(31)29(28-8)20-18(26)16(24)15(23)17(25)19(20)27)7-10-3-5-14(34-10)11-4-2-9(22)6-13(11)30(32)33/h2-7H,1H3/b12-7-. The molecule has 34 heavy (non-hydrogen) atoms. The minimum Gasteiger partial charge on any atom is -0.456 e. The van der Waals surface area contributed by atoms with Gasteiger partial charge >= 0.3 is 0 Å². The van der Waals surface area contributed by atoms with Crippen LogP contribution in [-0.2, 0) is 4.79 Å². The van der Waals surface area contributed by atoms with Gasteiger partial charge in [0.25, 0.3) is 11.6 Å². The summed E-state index contributed by atoms with van der Waals surface area (Å²) in [5.74, 6) is -12.4. The zero-order chi connectivity index (χ0) is 24.9. The third-order valence-corrected chi connectivity index (χ3v) is 5.03. The third-order valence-electron chi connectivity index (χ3n) is 4.80. The number of nitro benzene ring substituents is 1. The highest BCUT2D eigenvalue weighted by Gasteiger charge is 2.37. The molecule has 4 rings (SSSR count). The highest BCUT2D eigenvalue weighted by molar-refractivity contribution is 6.32. The molecule has 2 heterocycles. The number of carbonyl (C=O) groups is 1. The summed E-state index contributed by atoms with van der Waals surface area (Å²) in [4.78, 5) is 23.4. The highest BCUT2D eigenvalue weighted by Crippen LogP contribution is 2.36. The van der Waals surface area contributed by atoms with Gasteiger partial charge in [0.1, 0.15) is 17.2 Å². The number of benzene rings is 2. The Morgan fingerprint density at radius 2 is 1.65 bits per heavy atom. The Morgan fingerprint density at radius 3 is 2.26 bits per heavy atom. The third kappa shape index (κ3) is 3.71. The maximum absolute atomic E-state index is 14.1. The fourth-order valence-electron chi connectivity index (χ4n) is 3.20. The van der Waals surface area contributed by atoms with Crippen LogP contribution < -0.4 is 5.01 Å². The Morgan fingerprint density at radius 1 is 1.03 bits per heavy atom. The summed E-state index contributed by atoms with van der Waals surface area (Å²) in [6.45, 7) is 1.27. The van der Waals surface area contributed by atoms with E-state index in [1.165, 1.54) is 31.2 Å². The number of hydrogen-bond acceptors (Lipinski definition) is 5. The summed E-state index contributed by atoms with van der Waals surface area (Å²) in [7, 11) is 0. The van der Waals surface area contributed by atoms with E-state index in [1.54, 1.807) is 0 Å². The van der Waals surface area contributed by atoms with Crippen LogP contribution in [0.4, 0.5) is 33.3 Å². The number of hydrogen-bond donors (Lipinski definition) is 0. The van der Waals surface area contributed by atoms with Crippen molar-refractivity contribution in [2.45, 2.75) is 6.92 Å². The summed E-state index contributed by atoms with van der Waals surface area (Å²) in [6.07, 6.45) is 1.11. The molecule has 1 aromatic heterocycles. The molecular weight excluding hydrogens is 489 g/mol. The van der Waals surface area contributed by atoms with Crippen LogP contribution in [-0.4, -0.2) is 16.5 Å². The molecule has 3 aromatic rings. The van der Waals surface area contributed by atoms with E-state index in [2.05, 4.69) is 5.10 Å². The lowest BCUT2D eigenvalue weighted by Gasteiger charge is -2.14. The Kier molecular flexibility index (Phi) is 5.69. The van der Waals surface area contributed by atoms with Gasteiger partial charge in [0.05, 0.1) is 21.8 Å². The van der Waals surface area contributed by atoms with Crippen LogP contribution in [0.1, 0.15) is 12.7 Å². The number of halogens is 6. The van der Waals surface area contributed by atoms with Crippen molar-refractivity contribution in [2.75, 3.05) is 5.01 Å². The second-order valence-corrected chi connectivity index (χ2v) is 7.34. The molecule has 0 fully saturated rings. The van der Waals surface area contributed by atoms with Crippen LogP contribution in [0.5, 0.6) is 0 Å². The number of furan rings is 1. The molecule has 0 spiro atoms. The minimum atomic E-state index is -2.37. The van der Waals surface area contributed by atoms with Crippen molar-refractivity contribution in [2.24, 2.45) is 5.10 Å². The SMILES string of the molecule is CC1=NN(c2c(F)c(F)c(F)c(F)c2F)C(=O)/C1=C\c1ccc(-c2ccc(Cl)cc2[N+](=O)[O-])o1. The Hall–Kier alpha value is -4.06. The molecule has 0 saturated carbocycles. The number of hydrazone groups is 1. The van der Waals surface area contributed by atoms with Crippen LogP contribution in [0.25, 0.3) is 17.4 Å². The lowest BCUT2D eigenvalue weighted by atomic mass is 10.1. The van der Waals surface area contributed by atoms with Gasteiger partial charge in [-0.05, 0) is 37.3 Å². The maximum atomic E-state index is 14.1. The fourth-order valence-corrected chi connectivity index (χ4v) is 3.36.